The molecule has 0 spiro atoms. The van der Waals surface area contributed by atoms with E-state index in [0.717, 1.165) is 17.0 Å². The predicted octanol–water partition coefficient (Wildman–Crippen LogP) is 1.11. The molecule has 108 valence electrons. The number of rotatable bonds is 4. The molecule has 0 atom stereocenters. The number of imidazole rings is 1. The highest BCUT2D eigenvalue weighted by atomic mass is 16.6. The molecule has 0 saturated carbocycles. The van der Waals surface area contributed by atoms with Crippen molar-refractivity contribution in [1.82, 2.24) is 19.9 Å². The number of methoxy groups -OCH3 is 1. The van der Waals surface area contributed by atoms with Gasteiger partial charge in [-0.3, -0.25) is 0 Å². The average molecular weight is 286 g/mol. The Labute approximate surface area is 120 Å². The molecule has 4 N–H and O–H groups in total. The molecule has 0 fully saturated rings. The molecule has 0 aliphatic heterocycles. The van der Waals surface area contributed by atoms with Gasteiger partial charge in [-0.15, -0.1) is 0 Å². The maximum Gasteiger partial charge on any atom is 0.199 e. The van der Waals surface area contributed by atoms with Crippen LogP contribution in [0, 0.1) is 0 Å². The van der Waals surface area contributed by atoms with Crippen LogP contribution in [0.2, 0.25) is 0 Å². The molecule has 2 heterocycles. The van der Waals surface area contributed by atoms with E-state index >= 15 is 0 Å². The van der Waals surface area contributed by atoms with Crippen LogP contribution in [0.5, 0.6) is 5.75 Å². The molecule has 0 aliphatic carbocycles. The Hall–Kier alpha value is -2.87. The second-order valence-electron chi connectivity index (χ2n) is 4.33. The van der Waals surface area contributed by atoms with E-state index in [1.807, 2.05) is 30.5 Å². The minimum atomic E-state index is 0.177. The van der Waals surface area contributed by atoms with Crippen molar-refractivity contribution in [2.45, 2.75) is 6.67 Å². The van der Waals surface area contributed by atoms with Crippen molar-refractivity contribution in [1.29, 1.82) is 0 Å². The summed E-state index contributed by atoms with van der Waals surface area (Å²) < 4.78 is 11.5. The topological polar surface area (TPSA) is 118 Å². The van der Waals surface area contributed by atoms with Crippen molar-refractivity contribution in [3.8, 4) is 28.5 Å². The van der Waals surface area contributed by atoms with Crippen LogP contribution < -0.4 is 16.2 Å². The average Bonchev–Trinajstić information content (AvgIpc) is 3.13. The molecule has 0 aliphatic rings. The molecule has 0 radical (unpaired) electrons. The lowest BCUT2D eigenvalue weighted by atomic mass is 10.2. The third kappa shape index (κ3) is 2.32. The molecule has 8 heteroatoms. The molecule has 3 aromatic rings. The van der Waals surface area contributed by atoms with Crippen molar-refractivity contribution < 1.29 is 9.37 Å². The van der Waals surface area contributed by atoms with Crippen molar-refractivity contribution in [3.05, 3.63) is 30.5 Å². The van der Waals surface area contributed by atoms with Gasteiger partial charge < -0.3 is 20.8 Å². The number of hydrogen-bond acceptors (Lipinski definition) is 7. The first-order valence-electron chi connectivity index (χ1n) is 6.23. The lowest BCUT2D eigenvalue weighted by Gasteiger charge is -2.00. The molecule has 21 heavy (non-hydrogen) atoms. The third-order valence-corrected chi connectivity index (χ3v) is 3.08. The van der Waals surface area contributed by atoms with Gasteiger partial charge in [0.05, 0.1) is 19.5 Å². The normalized spacial score (nSPS) is 10.8. The number of anilines is 1. The van der Waals surface area contributed by atoms with Crippen LogP contribution in [0.1, 0.15) is 0 Å². The van der Waals surface area contributed by atoms with Crippen LogP contribution >= 0.6 is 0 Å². The molecule has 2 aromatic heterocycles. The fraction of sp³-hybridized carbons (Fsp3) is 0.154. The van der Waals surface area contributed by atoms with E-state index in [4.69, 9.17) is 16.2 Å². The van der Waals surface area contributed by atoms with Crippen LogP contribution in [-0.4, -0.2) is 27.0 Å². The van der Waals surface area contributed by atoms with E-state index in [9.17, 15) is 0 Å². The maximum atomic E-state index is 5.73. The van der Waals surface area contributed by atoms with E-state index in [1.54, 1.807) is 11.7 Å². The number of nitrogens with zero attached hydrogens (tertiary/aromatic N) is 4. The van der Waals surface area contributed by atoms with Crippen molar-refractivity contribution in [2.75, 3.05) is 12.8 Å². The van der Waals surface area contributed by atoms with Crippen LogP contribution in [0.3, 0.4) is 0 Å². The number of nitrogen functional groups attached to an aromatic ring is 1. The van der Waals surface area contributed by atoms with Gasteiger partial charge in [-0.1, -0.05) is 0 Å². The smallest absolute Gasteiger partial charge is 0.199 e. The molecule has 0 amide bonds. The Bertz CT molecular complexity index is 746. The molecule has 1 aromatic carbocycles. The van der Waals surface area contributed by atoms with Gasteiger partial charge in [-0.2, -0.15) is 0 Å². The van der Waals surface area contributed by atoms with E-state index in [1.165, 1.54) is 0 Å². The highest BCUT2D eigenvalue weighted by molar-refractivity contribution is 5.68. The van der Waals surface area contributed by atoms with Crippen molar-refractivity contribution in [2.24, 2.45) is 5.73 Å². The summed E-state index contributed by atoms with van der Waals surface area (Å²) in [5.41, 5.74) is 13.5. The zero-order chi connectivity index (χ0) is 14.8. The zero-order valence-electron chi connectivity index (χ0n) is 11.4. The molecule has 8 nitrogen and oxygen atoms in total. The lowest BCUT2D eigenvalue weighted by Crippen LogP contribution is -2.08. The van der Waals surface area contributed by atoms with Gasteiger partial charge in [-0.05, 0) is 34.6 Å². The fourth-order valence-electron chi connectivity index (χ4n) is 2.00. The molecule has 0 bridgehead atoms. The van der Waals surface area contributed by atoms with E-state index in [-0.39, 0.29) is 12.5 Å². The largest absolute Gasteiger partial charge is 0.497 e. The Morgan fingerprint density at radius 1 is 1.24 bits per heavy atom. The first kappa shape index (κ1) is 13.1. The summed E-state index contributed by atoms with van der Waals surface area (Å²) in [6.45, 7) is 0.241. The Morgan fingerprint density at radius 3 is 2.57 bits per heavy atom. The Kier molecular flexibility index (Phi) is 3.28. The zero-order valence-corrected chi connectivity index (χ0v) is 11.4. The van der Waals surface area contributed by atoms with E-state index in [0.29, 0.717) is 11.5 Å². The molecule has 3 rings (SSSR count). The van der Waals surface area contributed by atoms with Crippen LogP contribution in [0.15, 0.2) is 35.1 Å². The number of aromatic nitrogens is 4. The fourth-order valence-corrected chi connectivity index (χ4v) is 2.00. The van der Waals surface area contributed by atoms with Gasteiger partial charge in [0.1, 0.15) is 5.75 Å². The summed E-state index contributed by atoms with van der Waals surface area (Å²) in [7, 11) is 1.62. The van der Waals surface area contributed by atoms with Crippen molar-refractivity contribution >= 4 is 5.82 Å². The second-order valence-corrected chi connectivity index (χ2v) is 4.33. The summed E-state index contributed by atoms with van der Waals surface area (Å²) in [5.74, 6) is 1.47. The molecule has 0 unspecified atom stereocenters. The quantitative estimate of drug-likeness (QED) is 0.737. The monoisotopic (exact) mass is 286 g/mol. The van der Waals surface area contributed by atoms with Gasteiger partial charge >= 0.3 is 0 Å². The minimum Gasteiger partial charge on any atom is -0.497 e. The van der Waals surface area contributed by atoms with E-state index in [2.05, 4.69) is 19.9 Å². The second kappa shape index (κ2) is 5.25. The summed E-state index contributed by atoms with van der Waals surface area (Å²) in [5, 5.41) is 7.31. The van der Waals surface area contributed by atoms with Crippen molar-refractivity contribution in [3.63, 3.8) is 0 Å². The van der Waals surface area contributed by atoms with Gasteiger partial charge in [0.15, 0.2) is 17.3 Å². The van der Waals surface area contributed by atoms with Crippen LogP contribution in [0.4, 0.5) is 5.82 Å². The lowest BCUT2D eigenvalue weighted by molar-refractivity contribution is 0.310. The first-order valence-corrected chi connectivity index (χ1v) is 6.23. The summed E-state index contributed by atoms with van der Waals surface area (Å²) in [4.78, 5) is 4.51. The predicted molar refractivity (Wildman–Crippen MR) is 76.1 cm³/mol. The van der Waals surface area contributed by atoms with Crippen LogP contribution in [-0.2, 0) is 6.67 Å². The minimum absolute atomic E-state index is 0.177. The summed E-state index contributed by atoms with van der Waals surface area (Å²) >= 11 is 0. The Balaban J connectivity index is 2.04. The summed E-state index contributed by atoms with van der Waals surface area (Å²) in [6.07, 6.45) is 1.82. The van der Waals surface area contributed by atoms with Gasteiger partial charge in [0.2, 0.25) is 0 Å². The summed E-state index contributed by atoms with van der Waals surface area (Å²) in [6, 6.07) is 7.55. The molecular formula is C13H14N6O2. The highest BCUT2D eigenvalue weighted by Crippen LogP contribution is 2.27. The van der Waals surface area contributed by atoms with Gasteiger partial charge in [0.25, 0.3) is 0 Å². The van der Waals surface area contributed by atoms with Gasteiger partial charge in [-0.25, -0.2) is 9.61 Å². The standard InChI is InChI=1S/C13H14N6O2/c1-20-9-4-2-8(3-5-9)10-6-19(7-14)13(16-10)11-12(15)18-21-17-11/h2-6H,7,14H2,1H3,(H2,15,18). The van der Waals surface area contributed by atoms with Crippen LogP contribution in [0.25, 0.3) is 22.8 Å². The number of benzene rings is 1. The first-order chi connectivity index (χ1) is 10.2. The van der Waals surface area contributed by atoms with Gasteiger partial charge in [0, 0.05) is 11.8 Å². The number of ether oxygens (including phenoxy) is 1. The Morgan fingerprint density at radius 2 is 2.00 bits per heavy atom. The number of nitrogens with two attached hydrogens (primary N) is 2. The maximum absolute atomic E-state index is 5.73. The third-order valence-electron chi connectivity index (χ3n) is 3.08. The number of hydrogen-bond donors (Lipinski definition) is 2. The highest BCUT2D eigenvalue weighted by Gasteiger charge is 2.17. The molecule has 0 saturated heterocycles. The SMILES string of the molecule is COc1ccc(-c2cn(CN)c(-c3nonc3N)n2)cc1. The van der Waals surface area contributed by atoms with E-state index < -0.39 is 0 Å². The molecular weight excluding hydrogens is 272 g/mol.